The van der Waals surface area contributed by atoms with Crippen LogP contribution in [0.25, 0.3) is 0 Å². The van der Waals surface area contributed by atoms with Gasteiger partial charge in [-0.1, -0.05) is 5.16 Å². The van der Waals surface area contributed by atoms with Crippen molar-refractivity contribution in [1.29, 1.82) is 0 Å². The van der Waals surface area contributed by atoms with Crippen molar-refractivity contribution in [3.05, 3.63) is 17.0 Å². The van der Waals surface area contributed by atoms with Gasteiger partial charge in [0, 0.05) is 23.9 Å². The predicted octanol–water partition coefficient (Wildman–Crippen LogP) is 1.89. The molecule has 1 aliphatic heterocycles. The van der Waals surface area contributed by atoms with Crippen molar-refractivity contribution in [3.8, 4) is 0 Å². The van der Waals surface area contributed by atoms with Crippen LogP contribution in [0.2, 0.25) is 0 Å². The lowest BCUT2D eigenvalue weighted by Gasteiger charge is -2.10. The van der Waals surface area contributed by atoms with Crippen molar-refractivity contribution in [1.82, 2.24) is 10.5 Å². The molecule has 78 valence electrons. The molecule has 0 bridgehead atoms. The fourth-order valence-electron chi connectivity index (χ4n) is 1.70. The van der Waals surface area contributed by atoms with E-state index in [2.05, 4.69) is 10.5 Å². The van der Waals surface area contributed by atoms with Gasteiger partial charge in [0.2, 0.25) is 0 Å². The average Bonchev–Trinajstić information content (AvgIpc) is 2.76. The number of hydrogen-bond donors (Lipinski definition) is 1. The van der Waals surface area contributed by atoms with Crippen LogP contribution in [0, 0.1) is 13.8 Å². The SMILES string of the molecule is Cc1noc(C)c1CNC1CCSC1. The molecule has 0 amide bonds. The number of aryl methyl sites for hydroxylation is 2. The summed E-state index contributed by atoms with van der Waals surface area (Å²) in [6.45, 7) is 4.86. The minimum absolute atomic E-state index is 0.675. The quantitative estimate of drug-likeness (QED) is 0.830. The molecule has 0 aliphatic carbocycles. The van der Waals surface area contributed by atoms with Crippen molar-refractivity contribution in [2.75, 3.05) is 11.5 Å². The summed E-state index contributed by atoms with van der Waals surface area (Å²) in [5.41, 5.74) is 2.24. The van der Waals surface area contributed by atoms with Crippen LogP contribution in [0.4, 0.5) is 0 Å². The molecule has 4 heteroatoms. The first-order chi connectivity index (χ1) is 6.77. The van der Waals surface area contributed by atoms with Gasteiger partial charge in [0.15, 0.2) is 0 Å². The van der Waals surface area contributed by atoms with Crippen molar-refractivity contribution < 1.29 is 4.52 Å². The molecule has 1 saturated heterocycles. The molecule has 0 spiro atoms. The van der Waals surface area contributed by atoms with Gasteiger partial charge in [-0.2, -0.15) is 11.8 Å². The van der Waals surface area contributed by atoms with Crippen molar-refractivity contribution >= 4 is 11.8 Å². The Morgan fingerprint density at radius 1 is 1.57 bits per heavy atom. The van der Waals surface area contributed by atoms with Gasteiger partial charge in [-0.15, -0.1) is 0 Å². The summed E-state index contributed by atoms with van der Waals surface area (Å²) in [4.78, 5) is 0. The monoisotopic (exact) mass is 212 g/mol. The lowest BCUT2D eigenvalue weighted by atomic mass is 10.2. The van der Waals surface area contributed by atoms with E-state index in [1.54, 1.807) is 0 Å². The van der Waals surface area contributed by atoms with Gasteiger partial charge in [-0.05, 0) is 26.0 Å². The van der Waals surface area contributed by atoms with E-state index in [9.17, 15) is 0 Å². The van der Waals surface area contributed by atoms with E-state index in [4.69, 9.17) is 4.52 Å². The molecule has 0 saturated carbocycles. The lowest BCUT2D eigenvalue weighted by molar-refractivity contribution is 0.391. The van der Waals surface area contributed by atoms with Gasteiger partial charge in [-0.25, -0.2) is 0 Å². The number of hydrogen-bond acceptors (Lipinski definition) is 4. The van der Waals surface area contributed by atoms with Crippen LogP contribution in [0.1, 0.15) is 23.4 Å². The number of aromatic nitrogens is 1. The van der Waals surface area contributed by atoms with Gasteiger partial charge in [0.05, 0.1) is 5.69 Å². The fraction of sp³-hybridized carbons (Fsp3) is 0.700. The Morgan fingerprint density at radius 2 is 2.43 bits per heavy atom. The van der Waals surface area contributed by atoms with Crippen LogP contribution in [-0.2, 0) is 6.54 Å². The Labute approximate surface area is 88.6 Å². The third-order valence-corrected chi connectivity index (χ3v) is 3.84. The summed E-state index contributed by atoms with van der Waals surface area (Å²) in [6, 6.07) is 0.675. The van der Waals surface area contributed by atoms with Crippen LogP contribution in [0.15, 0.2) is 4.52 Å². The summed E-state index contributed by atoms with van der Waals surface area (Å²) in [5, 5.41) is 7.49. The zero-order valence-corrected chi connectivity index (χ0v) is 9.49. The highest BCUT2D eigenvalue weighted by atomic mass is 32.2. The van der Waals surface area contributed by atoms with Crippen LogP contribution >= 0.6 is 11.8 Å². The van der Waals surface area contributed by atoms with E-state index >= 15 is 0 Å². The number of nitrogens with zero attached hydrogens (tertiary/aromatic N) is 1. The van der Waals surface area contributed by atoms with Gasteiger partial charge in [0.1, 0.15) is 5.76 Å². The van der Waals surface area contributed by atoms with Crippen molar-refractivity contribution in [3.63, 3.8) is 0 Å². The second kappa shape index (κ2) is 4.36. The summed E-state index contributed by atoms with van der Waals surface area (Å²) in [5.74, 6) is 3.48. The first-order valence-corrected chi connectivity index (χ1v) is 6.15. The summed E-state index contributed by atoms with van der Waals surface area (Å²) in [6.07, 6.45) is 1.29. The van der Waals surface area contributed by atoms with E-state index in [-0.39, 0.29) is 0 Å². The Hall–Kier alpha value is -0.480. The molecular weight excluding hydrogens is 196 g/mol. The number of rotatable bonds is 3. The molecular formula is C10H16N2OS. The summed E-state index contributed by atoms with van der Waals surface area (Å²) < 4.78 is 5.12. The first kappa shape index (κ1) is 10.1. The molecule has 0 aromatic carbocycles. The largest absolute Gasteiger partial charge is 0.361 e. The third kappa shape index (κ3) is 2.12. The van der Waals surface area contributed by atoms with Gasteiger partial charge >= 0.3 is 0 Å². The van der Waals surface area contributed by atoms with Crippen LogP contribution in [0.3, 0.4) is 0 Å². The van der Waals surface area contributed by atoms with E-state index < -0.39 is 0 Å². The first-order valence-electron chi connectivity index (χ1n) is 5.00. The topological polar surface area (TPSA) is 38.1 Å². The lowest BCUT2D eigenvalue weighted by Crippen LogP contribution is -2.28. The molecule has 14 heavy (non-hydrogen) atoms. The molecule has 2 heterocycles. The van der Waals surface area contributed by atoms with E-state index in [0.717, 1.165) is 18.0 Å². The molecule has 1 fully saturated rings. The predicted molar refractivity (Wildman–Crippen MR) is 58.5 cm³/mol. The normalized spacial score (nSPS) is 21.7. The van der Waals surface area contributed by atoms with Gasteiger partial charge in [0.25, 0.3) is 0 Å². The smallest absolute Gasteiger partial charge is 0.138 e. The maximum Gasteiger partial charge on any atom is 0.138 e. The second-order valence-electron chi connectivity index (χ2n) is 3.74. The molecule has 1 N–H and O–H groups in total. The zero-order valence-electron chi connectivity index (χ0n) is 8.67. The molecule has 1 aliphatic rings. The summed E-state index contributed by atoms with van der Waals surface area (Å²) >= 11 is 2.03. The minimum Gasteiger partial charge on any atom is -0.361 e. The highest BCUT2D eigenvalue weighted by Crippen LogP contribution is 2.18. The maximum atomic E-state index is 5.12. The molecule has 1 aromatic rings. The molecule has 1 unspecified atom stereocenters. The Kier molecular flexibility index (Phi) is 3.13. The highest BCUT2D eigenvalue weighted by molar-refractivity contribution is 7.99. The highest BCUT2D eigenvalue weighted by Gasteiger charge is 2.16. The molecule has 3 nitrogen and oxygen atoms in total. The Morgan fingerprint density at radius 3 is 3.00 bits per heavy atom. The summed E-state index contributed by atoms with van der Waals surface area (Å²) in [7, 11) is 0. The zero-order chi connectivity index (χ0) is 9.97. The Balaban J connectivity index is 1.90. The van der Waals surface area contributed by atoms with E-state index in [1.165, 1.54) is 23.5 Å². The molecule has 2 rings (SSSR count). The van der Waals surface area contributed by atoms with E-state index in [0.29, 0.717) is 6.04 Å². The van der Waals surface area contributed by atoms with Crippen LogP contribution < -0.4 is 5.32 Å². The van der Waals surface area contributed by atoms with Gasteiger partial charge < -0.3 is 9.84 Å². The number of nitrogens with one attached hydrogen (secondary N) is 1. The fourth-order valence-corrected chi connectivity index (χ4v) is 2.88. The van der Waals surface area contributed by atoms with Crippen LogP contribution in [-0.4, -0.2) is 22.7 Å². The number of thioether (sulfide) groups is 1. The van der Waals surface area contributed by atoms with Crippen LogP contribution in [0.5, 0.6) is 0 Å². The Bertz CT molecular complexity index is 286. The van der Waals surface area contributed by atoms with E-state index in [1.807, 2.05) is 25.6 Å². The minimum atomic E-state index is 0.675. The van der Waals surface area contributed by atoms with Gasteiger partial charge in [-0.3, -0.25) is 0 Å². The second-order valence-corrected chi connectivity index (χ2v) is 4.89. The average molecular weight is 212 g/mol. The molecule has 1 atom stereocenters. The molecule has 1 aromatic heterocycles. The van der Waals surface area contributed by atoms with Crippen molar-refractivity contribution in [2.24, 2.45) is 0 Å². The van der Waals surface area contributed by atoms with Crippen molar-refractivity contribution in [2.45, 2.75) is 32.9 Å². The molecule has 0 radical (unpaired) electrons. The third-order valence-electron chi connectivity index (χ3n) is 2.68. The standard InChI is InChI=1S/C10H16N2OS/c1-7-10(8(2)13-12-7)5-11-9-3-4-14-6-9/h9,11H,3-6H2,1-2H3. The maximum absolute atomic E-state index is 5.12.